The molecule has 0 radical (unpaired) electrons. The Morgan fingerprint density at radius 1 is 1.19 bits per heavy atom. The summed E-state index contributed by atoms with van der Waals surface area (Å²) < 4.78 is 13.0. The number of ether oxygens (including phenoxy) is 2. The number of aromatic nitrogens is 2. The second-order valence-electron chi connectivity index (χ2n) is 6.55. The predicted octanol–water partition coefficient (Wildman–Crippen LogP) is 2.94. The van der Waals surface area contributed by atoms with E-state index < -0.39 is 0 Å². The van der Waals surface area contributed by atoms with Gasteiger partial charge in [-0.1, -0.05) is 18.2 Å². The smallest absolute Gasteiger partial charge is 0.257 e. The zero-order valence-electron chi connectivity index (χ0n) is 16.2. The Hall–Kier alpha value is -3.02. The predicted molar refractivity (Wildman–Crippen MR) is 105 cm³/mol. The van der Waals surface area contributed by atoms with E-state index in [9.17, 15) is 4.79 Å². The number of hydrogen-bond acceptors (Lipinski definition) is 4. The van der Waals surface area contributed by atoms with Crippen molar-refractivity contribution in [2.45, 2.75) is 20.3 Å². The molecule has 0 atom stereocenters. The molecule has 6 nitrogen and oxygen atoms in total. The molecule has 0 aliphatic carbocycles. The third-order valence-corrected chi connectivity index (χ3v) is 4.61. The number of carbonyl (C=O) groups excluding carboxylic acids is 1. The van der Waals surface area contributed by atoms with Crippen molar-refractivity contribution < 1.29 is 14.3 Å². The normalized spacial score (nSPS) is 10.8. The molecule has 0 aliphatic heterocycles. The lowest BCUT2D eigenvalue weighted by atomic mass is 10.1. The van der Waals surface area contributed by atoms with Gasteiger partial charge in [0.05, 0.1) is 18.1 Å². The van der Waals surface area contributed by atoms with E-state index in [2.05, 4.69) is 10.3 Å². The Bertz CT molecular complexity index is 942. The molecule has 142 valence electrons. The number of para-hydroxylation sites is 1. The summed E-state index contributed by atoms with van der Waals surface area (Å²) >= 11 is 0. The summed E-state index contributed by atoms with van der Waals surface area (Å²) in [5.41, 5.74) is 3.97. The Labute approximate surface area is 159 Å². The van der Waals surface area contributed by atoms with E-state index in [4.69, 9.17) is 9.47 Å². The van der Waals surface area contributed by atoms with Crippen LogP contribution in [0.15, 0.2) is 36.4 Å². The number of methoxy groups -OCH3 is 1. The minimum Gasteiger partial charge on any atom is -0.497 e. The molecule has 1 N–H and O–H groups in total. The average Bonchev–Trinajstić information content (AvgIpc) is 2.96. The first-order valence-corrected chi connectivity index (χ1v) is 8.94. The first-order valence-electron chi connectivity index (χ1n) is 8.94. The molecule has 27 heavy (non-hydrogen) atoms. The van der Waals surface area contributed by atoms with Crippen LogP contribution in [-0.4, -0.2) is 35.7 Å². The van der Waals surface area contributed by atoms with Crippen molar-refractivity contribution in [3.8, 4) is 11.5 Å². The number of aryl methyl sites for hydroxylation is 3. The van der Waals surface area contributed by atoms with Crippen molar-refractivity contribution in [3.63, 3.8) is 0 Å². The van der Waals surface area contributed by atoms with Gasteiger partial charge in [0.1, 0.15) is 17.3 Å². The van der Waals surface area contributed by atoms with E-state index >= 15 is 0 Å². The number of hydrogen-bond donors (Lipinski definition) is 1. The van der Waals surface area contributed by atoms with E-state index in [0.29, 0.717) is 13.0 Å². The Kier molecular flexibility index (Phi) is 5.64. The molecular weight excluding hydrogens is 342 g/mol. The van der Waals surface area contributed by atoms with Crippen LogP contribution in [0.2, 0.25) is 0 Å². The molecule has 2 aromatic carbocycles. The maximum absolute atomic E-state index is 12.1. The molecule has 6 heteroatoms. The number of carbonyl (C=O) groups is 1. The van der Waals surface area contributed by atoms with E-state index in [1.807, 2.05) is 61.9 Å². The fourth-order valence-corrected chi connectivity index (χ4v) is 3.11. The summed E-state index contributed by atoms with van der Waals surface area (Å²) in [6.07, 6.45) is 0.641. The average molecular weight is 367 g/mol. The van der Waals surface area contributed by atoms with Gasteiger partial charge in [-0.15, -0.1) is 0 Å². The van der Waals surface area contributed by atoms with Crippen LogP contribution < -0.4 is 14.8 Å². The Morgan fingerprint density at radius 3 is 2.63 bits per heavy atom. The van der Waals surface area contributed by atoms with Gasteiger partial charge in [-0.2, -0.15) is 0 Å². The van der Waals surface area contributed by atoms with Crippen molar-refractivity contribution >= 4 is 16.9 Å². The Balaban J connectivity index is 1.54. The summed E-state index contributed by atoms with van der Waals surface area (Å²) in [6.45, 7) is 4.45. The number of fused-ring (bicyclic) bond motifs is 1. The number of amides is 1. The molecule has 0 bridgehead atoms. The molecule has 0 saturated heterocycles. The topological polar surface area (TPSA) is 65.4 Å². The zero-order chi connectivity index (χ0) is 19.4. The van der Waals surface area contributed by atoms with Crippen LogP contribution in [-0.2, 0) is 18.3 Å². The monoisotopic (exact) mass is 367 g/mol. The fraction of sp³-hybridized carbons (Fsp3) is 0.333. The summed E-state index contributed by atoms with van der Waals surface area (Å²) in [5, 5.41) is 2.89. The quantitative estimate of drug-likeness (QED) is 0.697. The van der Waals surface area contributed by atoms with E-state index in [1.54, 1.807) is 7.11 Å². The van der Waals surface area contributed by atoms with Crippen LogP contribution >= 0.6 is 0 Å². The molecule has 0 spiro atoms. The zero-order valence-corrected chi connectivity index (χ0v) is 16.2. The third kappa shape index (κ3) is 4.22. The summed E-state index contributed by atoms with van der Waals surface area (Å²) in [6, 6.07) is 11.7. The van der Waals surface area contributed by atoms with Gasteiger partial charge >= 0.3 is 0 Å². The second kappa shape index (κ2) is 8.12. The standard InChI is InChI=1S/C21H25N3O3/c1-14-6-5-7-15(2)21(14)27-13-20(25)22-11-10-19-23-17-12-16(26-4)8-9-18(17)24(19)3/h5-9,12H,10-11,13H2,1-4H3,(H,22,25). The highest BCUT2D eigenvalue weighted by atomic mass is 16.5. The highest BCUT2D eigenvalue weighted by Crippen LogP contribution is 2.22. The lowest BCUT2D eigenvalue weighted by molar-refractivity contribution is -0.123. The largest absolute Gasteiger partial charge is 0.497 e. The van der Waals surface area contributed by atoms with Crippen LogP contribution in [0, 0.1) is 13.8 Å². The van der Waals surface area contributed by atoms with Gasteiger partial charge in [-0.25, -0.2) is 4.98 Å². The van der Waals surface area contributed by atoms with Gasteiger partial charge in [-0.3, -0.25) is 4.79 Å². The van der Waals surface area contributed by atoms with Crippen molar-refractivity contribution in [2.75, 3.05) is 20.3 Å². The highest BCUT2D eigenvalue weighted by molar-refractivity contribution is 5.78. The second-order valence-corrected chi connectivity index (χ2v) is 6.55. The van der Waals surface area contributed by atoms with Crippen molar-refractivity contribution in [2.24, 2.45) is 7.05 Å². The first-order chi connectivity index (χ1) is 13.0. The number of nitrogens with one attached hydrogen (secondary N) is 1. The molecule has 1 aromatic heterocycles. The number of benzene rings is 2. The SMILES string of the molecule is COc1ccc2c(c1)nc(CCNC(=O)COc1c(C)cccc1C)n2C. The number of imidazole rings is 1. The van der Waals surface area contributed by atoms with Crippen molar-refractivity contribution in [1.29, 1.82) is 0 Å². The van der Waals surface area contributed by atoms with Gasteiger partial charge < -0.3 is 19.4 Å². The van der Waals surface area contributed by atoms with Gasteiger partial charge in [0.2, 0.25) is 0 Å². The minimum absolute atomic E-state index is 0.00539. The Morgan fingerprint density at radius 2 is 1.93 bits per heavy atom. The minimum atomic E-state index is -0.141. The maximum Gasteiger partial charge on any atom is 0.257 e. The molecular formula is C21H25N3O3. The first kappa shape index (κ1) is 18.8. The van der Waals surface area contributed by atoms with Crippen LogP contribution in [0.4, 0.5) is 0 Å². The van der Waals surface area contributed by atoms with E-state index in [1.165, 1.54) is 0 Å². The molecule has 0 aliphatic rings. The summed E-state index contributed by atoms with van der Waals surface area (Å²) in [4.78, 5) is 16.7. The van der Waals surface area contributed by atoms with Crippen molar-refractivity contribution in [3.05, 3.63) is 53.3 Å². The van der Waals surface area contributed by atoms with Crippen LogP contribution in [0.3, 0.4) is 0 Å². The molecule has 0 unspecified atom stereocenters. The van der Waals surface area contributed by atoms with Gasteiger partial charge in [0, 0.05) is 26.1 Å². The van der Waals surface area contributed by atoms with E-state index in [0.717, 1.165) is 39.5 Å². The van der Waals surface area contributed by atoms with Crippen LogP contribution in [0.1, 0.15) is 17.0 Å². The van der Waals surface area contributed by atoms with Gasteiger partial charge in [-0.05, 0) is 37.1 Å². The molecule has 3 rings (SSSR count). The lowest BCUT2D eigenvalue weighted by Crippen LogP contribution is -2.31. The number of rotatable bonds is 7. The van der Waals surface area contributed by atoms with Crippen LogP contribution in [0.5, 0.6) is 11.5 Å². The lowest BCUT2D eigenvalue weighted by Gasteiger charge is -2.12. The molecule has 3 aromatic rings. The molecule has 1 amide bonds. The summed E-state index contributed by atoms with van der Waals surface area (Å²) in [7, 11) is 3.62. The third-order valence-electron chi connectivity index (χ3n) is 4.61. The maximum atomic E-state index is 12.1. The molecule has 1 heterocycles. The summed E-state index contributed by atoms with van der Waals surface area (Å²) in [5.74, 6) is 2.33. The van der Waals surface area contributed by atoms with Gasteiger partial charge in [0.15, 0.2) is 6.61 Å². The van der Waals surface area contributed by atoms with Crippen molar-refractivity contribution in [1.82, 2.24) is 14.9 Å². The van der Waals surface area contributed by atoms with Crippen LogP contribution in [0.25, 0.3) is 11.0 Å². The molecule has 0 saturated carbocycles. The van der Waals surface area contributed by atoms with Gasteiger partial charge in [0.25, 0.3) is 5.91 Å². The fourth-order valence-electron chi connectivity index (χ4n) is 3.11. The van der Waals surface area contributed by atoms with E-state index in [-0.39, 0.29) is 12.5 Å². The highest BCUT2D eigenvalue weighted by Gasteiger charge is 2.10. The molecule has 0 fully saturated rings. The number of nitrogens with zero attached hydrogens (tertiary/aromatic N) is 2.